The lowest BCUT2D eigenvalue weighted by molar-refractivity contribution is -0.129. The molecule has 2 aliphatic heterocycles. The lowest BCUT2D eigenvalue weighted by Gasteiger charge is -2.26. The zero-order valence-electron chi connectivity index (χ0n) is 19.9. The maximum Gasteiger partial charge on any atom is 0.287 e. The van der Waals surface area contributed by atoms with Gasteiger partial charge in [0.15, 0.2) is 0 Å². The number of hydrogen-bond acceptors (Lipinski definition) is 7. The van der Waals surface area contributed by atoms with Crippen LogP contribution in [0.15, 0.2) is 53.5 Å². The van der Waals surface area contributed by atoms with E-state index in [2.05, 4.69) is 20.5 Å². The Morgan fingerprint density at radius 2 is 1.81 bits per heavy atom. The van der Waals surface area contributed by atoms with E-state index in [1.807, 2.05) is 29.2 Å². The van der Waals surface area contributed by atoms with Crippen LogP contribution in [0.2, 0.25) is 0 Å². The molecule has 0 bridgehead atoms. The second-order valence-corrected chi connectivity index (χ2v) is 8.92. The van der Waals surface area contributed by atoms with Crippen LogP contribution in [0.5, 0.6) is 0 Å². The summed E-state index contributed by atoms with van der Waals surface area (Å²) >= 11 is 0. The van der Waals surface area contributed by atoms with Crippen LogP contribution in [-0.2, 0) is 16.0 Å². The van der Waals surface area contributed by atoms with Crippen LogP contribution < -0.4 is 10.9 Å². The van der Waals surface area contributed by atoms with E-state index in [0.29, 0.717) is 49.8 Å². The minimum Gasteiger partial charge on any atom is -0.378 e. The minimum atomic E-state index is -0.394. The molecule has 4 heterocycles. The van der Waals surface area contributed by atoms with Crippen LogP contribution in [0.1, 0.15) is 28.8 Å². The predicted octanol–water partition coefficient (Wildman–Crippen LogP) is 2.21. The Bertz CT molecular complexity index is 1290. The molecule has 0 spiro atoms. The van der Waals surface area contributed by atoms with Crippen LogP contribution in [0.3, 0.4) is 0 Å². The molecule has 0 saturated carbocycles. The van der Waals surface area contributed by atoms with Gasteiger partial charge in [-0.1, -0.05) is 18.2 Å². The van der Waals surface area contributed by atoms with E-state index in [1.165, 1.54) is 6.20 Å². The van der Waals surface area contributed by atoms with Crippen molar-refractivity contribution in [2.75, 3.05) is 44.7 Å². The Labute approximate surface area is 208 Å². The average Bonchev–Trinajstić information content (AvgIpc) is 3.46. The number of amides is 2. The molecule has 2 saturated heterocycles. The van der Waals surface area contributed by atoms with Gasteiger partial charge < -0.3 is 19.9 Å². The average molecular weight is 489 g/mol. The van der Waals surface area contributed by atoms with Crippen LogP contribution in [0.4, 0.5) is 11.5 Å². The number of aromatic nitrogens is 3. The van der Waals surface area contributed by atoms with E-state index >= 15 is 0 Å². The number of ether oxygens (including phenoxy) is 1. The summed E-state index contributed by atoms with van der Waals surface area (Å²) < 4.78 is 5.29. The molecule has 3 aromatic rings. The maximum absolute atomic E-state index is 12.6. The van der Waals surface area contributed by atoms with Crippen molar-refractivity contribution in [3.05, 3.63) is 70.1 Å². The van der Waals surface area contributed by atoms with Gasteiger partial charge in [0.1, 0.15) is 11.5 Å². The van der Waals surface area contributed by atoms with Gasteiger partial charge in [-0.2, -0.15) is 5.10 Å². The molecule has 1 aromatic carbocycles. The van der Waals surface area contributed by atoms with Gasteiger partial charge in [-0.25, -0.2) is 10.1 Å². The van der Waals surface area contributed by atoms with Crippen LogP contribution in [0, 0.1) is 0 Å². The molecule has 0 atom stereocenters. The number of likely N-dealkylation sites (tertiary alicyclic amines) is 1. The molecule has 2 N–H and O–H groups in total. The number of rotatable bonds is 6. The molecule has 10 nitrogen and oxygen atoms in total. The molecule has 186 valence electrons. The zero-order chi connectivity index (χ0) is 24.9. The Hall–Kier alpha value is -4.05. The molecule has 2 aliphatic rings. The SMILES string of the molecule is O=C(Cc1cccc(-c2cc(Nc3ccc(C(=O)N4CCOCC4)cn3)c(=O)[nH]n2)c1)N1CCCC1. The summed E-state index contributed by atoms with van der Waals surface area (Å²) in [4.78, 5) is 45.5. The number of H-pyrrole nitrogens is 1. The van der Waals surface area contributed by atoms with Gasteiger partial charge in [-0.15, -0.1) is 0 Å². The highest BCUT2D eigenvalue weighted by molar-refractivity contribution is 5.94. The molecule has 0 aliphatic carbocycles. The Morgan fingerprint density at radius 3 is 2.56 bits per heavy atom. The standard InChI is InChI=1S/C26H28N6O4/c33-24(31-8-1-2-9-31)15-18-4-3-5-19(14-18)21-16-22(25(34)30-29-21)28-23-7-6-20(17-27-23)26(35)32-10-12-36-13-11-32/h3-7,14,16-17H,1-2,8-13,15H2,(H,30,34)(H,27,28,29). The molecule has 2 aromatic heterocycles. The highest BCUT2D eigenvalue weighted by atomic mass is 16.5. The number of benzene rings is 1. The van der Waals surface area contributed by atoms with Crippen molar-refractivity contribution in [3.8, 4) is 11.3 Å². The first-order valence-electron chi connectivity index (χ1n) is 12.1. The predicted molar refractivity (Wildman–Crippen MR) is 134 cm³/mol. The van der Waals surface area contributed by atoms with Gasteiger partial charge in [0.05, 0.1) is 30.9 Å². The fraction of sp³-hybridized carbons (Fsp3) is 0.346. The quantitative estimate of drug-likeness (QED) is 0.546. The number of nitrogens with one attached hydrogen (secondary N) is 2. The topological polar surface area (TPSA) is 121 Å². The minimum absolute atomic E-state index is 0.0931. The van der Waals surface area contributed by atoms with Crippen LogP contribution in [0.25, 0.3) is 11.3 Å². The summed E-state index contributed by atoms with van der Waals surface area (Å²) in [5.74, 6) is 0.466. The van der Waals surface area contributed by atoms with E-state index in [4.69, 9.17) is 4.74 Å². The third-order valence-electron chi connectivity index (χ3n) is 6.41. The third-order valence-corrected chi connectivity index (χ3v) is 6.41. The number of hydrogen-bond donors (Lipinski definition) is 2. The Morgan fingerprint density at radius 1 is 1.00 bits per heavy atom. The molecule has 0 radical (unpaired) electrons. The number of nitrogens with zero attached hydrogens (tertiary/aromatic N) is 4. The van der Waals surface area contributed by atoms with Gasteiger partial charge >= 0.3 is 0 Å². The lowest BCUT2D eigenvalue weighted by Crippen LogP contribution is -2.40. The van der Waals surface area contributed by atoms with Crippen LogP contribution in [-0.4, -0.2) is 76.2 Å². The molecular weight excluding hydrogens is 460 g/mol. The number of morpholine rings is 1. The van der Waals surface area contributed by atoms with Crippen molar-refractivity contribution < 1.29 is 14.3 Å². The maximum atomic E-state index is 12.6. The van der Waals surface area contributed by atoms with Gasteiger partial charge in [0, 0.05) is 37.9 Å². The molecule has 0 unspecified atom stereocenters. The Balaban J connectivity index is 1.29. The smallest absolute Gasteiger partial charge is 0.287 e. The molecule has 10 heteroatoms. The summed E-state index contributed by atoms with van der Waals surface area (Å²) in [6, 6.07) is 12.6. The van der Waals surface area contributed by atoms with Gasteiger partial charge in [-0.05, 0) is 42.7 Å². The van der Waals surface area contributed by atoms with E-state index in [9.17, 15) is 14.4 Å². The van der Waals surface area contributed by atoms with E-state index < -0.39 is 5.56 Å². The van der Waals surface area contributed by atoms with Crippen molar-refractivity contribution in [3.63, 3.8) is 0 Å². The van der Waals surface area contributed by atoms with E-state index in [0.717, 1.165) is 37.1 Å². The number of carbonyl (C=O) groups is 2. The zero-order valence-corrected chi connectivity index (χ0v) is 19.9. The molecular formula is C26H28N6O4. The molecule has 5 rings (SSSR count). The summed E-state index contributed by atoms with van der Waals surface area (Å²) in [5, 5.41) is 9.72. The number of carbonyl (C=O) groups excluding carboxylic acids is 2. The normalized spacial score (nSPS) is 15.7. The fourth-order valence-corrected chi connectivity index (χ4v) is 4.42. The van der Waals surface area contributed by atoms with Crippen molar-refractivity contribution >= 4 is 23.3 Å². The first kappa shape index (κ1) is 23.7. The highest BCUT2D eigenvalue weighted by Crippen LogP contribution is 2.22. The number of anilines is 2. The highest BCUT2D eigenvalue weighted by Gasteiger charge is 2.20. The van der Waals surface area contributed by atoms with Gasteiger partial charge in [0.25, 0.3) is 11.5 Å². The summed E-state index contributed by atoms with van der Waals surface area (Å²) in [5.41, 5.74) is 2.61. The monoisotopic (exact) mass is 488 g/mol. The van der Waals surface area contributed by atoms with Crippen molar-refractivity contribution in [2.45, 2.75) is 19.3 Å². The summed E-state index contributed by atoms with van der Waals surface area (Å²) in [6.07, 6.45) is 3.95. The molecule has 2 amide bonds. The van der Waals surface area contributed by atoms with E-state index in [-0.39, 0.29) is 17.5 Å². The third kappa shape index (κ3) is 5.44. The molecule has 36 heavy (non-hydrogen) atoms. The van der Waals surface area contributed by atoms with Gasteiger partial charge in [-0.3, -0.25) is 14.4 Å². The number of pyridine rings is 1. The first-order chi connectivity index (χ1) is 17.6. The van der Waals surface area contributed by atoms with Crippen molar-refractivity contribution in [1.82, 2.24) is 25.0 Å². The summed E-state index contributed by atoms with van der Waals surface area (Å²) in [7, 11) is 0. The largest absolute Gasteiger partial charge is 0.378 e. The van der Waals surface area contributed by atoms with Crippen molar-refractivity contribution in [2.24, 2.45) is 0 Å². The van der Waals surface area contributed by atoms with E-state index in [1.54, 1.807) is 23.1 Å². The second-order valence-electron chi connectivity index (χ2n) is 8.92. The number of aromatic amines is 1. The summed E-state index contributed by atoms with van der Waals surface area (Å²) in [6.45, 7) is 3.83. The lowest BCUT2D eigenvalue weighted by atomic mass is 10.0. The van der Waals surface area contributed by atoms with Crippen molar-refractivity contribution in [1.29, 1.82) is 0 Å². The first-order valence-corrected chi connectivity index (χ1v) is 12.1. The Kier molecular flexibility index (Phi) is 7.03. The van der Waals surface area contributed by atoms with Gasteiger partial charge in [0.2, 0.25) is 5.91 Å². The van der Waals surface area contributed by atoms with Crippen LogP contribution >= 0.6 is 0 Å². The second kappa shape index (κ2) is 10.7. The molecule has 2 fully saturated rings. The fourth-order valence-electron chi connectivity index (χ4n) is 4.42.